The van der Waals surface area contributed by atoms with Crippen LogP contribution >= 0.6 is 11.3 Å². The van der Waals surface area contributed by atoms with Crippen LogP contribution in [0.4, 0.5) is 5.69 Å². The van der Waals surface area contributed by atoms with E-state index in [-0.39, 0.29) is 11.7 Å². The average Bonchev–Trinajstić information content (AvgIpc) is 3.10. The van der Waals surface area contributed by atoms with Crippen LogP contribution in [0.1, 0.15) is 21.1 Å². The van der Waals surface area contributed by atoms with Crippen molar-refractivity contribution in [3.05, 3.63) is 70.2 Å². The molecule has 2 aromatic carbocycles. The monoisotopic (exact) mass is 354 g/mol. The van der Waals surface area contributed by atoms with E-state index in [1.54, 1.807) is 43.8 Å². The minimum atomic E-state index is -0.178. The molecule has 3 rings (SSSR count). The van der Waals surface area contributed by atoms with Gasteiger partial charge in [0, 0.05) is 24.5 Å². The molecule has 1 N–H and O–H groups in total. The molecule has 1 amide bonds. The number of nitrogens with zero attached hydrogens (tertiary/aromatic N) is 2. The Morgan fingerprint density at radius 2 is 1.84 bits per heavy atom. The lowest BCUT2D eigenvalue weighted by Crippen LogP contribution is -2.26. The Balaban J connectivity index is 1.71. The number of hydrogen-bond donors (Lipinski definition) is 1. The number of methoxy groups -OCH3 is 1. The van der Waals surface area contributed by atoms with Crippen LogP contribution in [0, 0.1) is 0 Å². The summed E-state index contributed by atoms with van der Waals surface area (Å²) < 4.78 is 5.15. The molecule has 0 atom stereocenters. The van der Waals surface area contributed by atoms with Gasteiger partial charge >= 0.3 is 0 Å². The summed E-state index contributed by atoms with van der Waals surface area (Å²) in [6.07, 6.45) is 0.671. The van der Waals surface area contributed by atoms with Crippen molar-refractivity contribution in [1.29, 1.82) is 0 Å². The van der Waals surface area contributed by atoms with Gasteiger partial charge in [-0.2, -0.15) is 0 Å². The molecular formula is C19H18N2O3S. The Bertz CT molecular complexity index is 857. The zero-order valence-electron chi connectivity index (χ0n) is 14.0. The third-order valence-corrected chi connectivity index (χ3v) is 4.68. The number of aromatic nitrogens is 1. The number of anilines is 1. The molecular weight excluding hydrogens is 336 g/mol. The molecule has 25 heavy (non-hydrogen) atoms. The molecule has 5 nitrogen and oxygen atoms in total. The van der Waals surface area contributed by atoms with Gasteiger partial charge in [-0.1, -0.05) is 12.1 Å². The highest BCUT2D eigenvalue weighted by molar-refractivity contribution is 7.09. The normalized spacial score (nSPS) is 10.5. The predicted molar refractivity (Wildman–Crippen MR) is 98.8 cm³/mol. The zero-order valence-corrected chi connectivity index (χ0v) is 14.8. The SMILES string of the molecule is COc1ccc(Cc2nc(C(=O)N(C)c3ccc(O)cc3)cs2)cc1. The lowest BCUT2D eigenvalue weighted by molar-refractivity contribution is 0.0988. The Morgan fingerprint density at radius 3 is 2.48 bits per heavy atom. The van der Waals surface area contributed by atoms with Crippen LogP contribution in [0.5, 0.6) is 11.5 Å². The third kappa shape index (κ3) is 3.97. The topological polar surface area (TPSA) is 62.7 Å². The van der Waals surface area contributed by atoms with Gasteiger partial charge in [0.15, 0.2) is 0 Å². The summed E-state index contributed by atoms with van der Waals surface area (Å²) >= 11 is 1.47. The molecule has 0 aliphatic heterocycles. The minimum Gasteiger partial charge on any atom is -0.508 e. The molecule has 1 aromatic heterocycles. The average molecular weight is 354 g/mol. The maximum Gasteiger partial charge on any atom is 0.277 e. The van der Waals surface area contributed by atoms with Crippen molar-refractivity contribution in [2.45, 2.75) is 6.42 Å². The van der Waals surface area contributed by atoms with Crippen molar-refractivity contribution in [3.8, 4) is 11.5 Å². The second kappa shape index (κ2) is 7.36. The van der Waals surface area contributed by atoms with E-state index in [9.17, 15) is 9.90 Å². The van der Waals surface area contributed by atoms with E-state index in [2.05, 4.69) is 4.98 Å². The van der Waals surface area contributed by atoms with Gasteiger partial charge in [-0.15, -0.1) is 11.3 Å². The van der Waals surface area contributed by atoms with Gasteiger partial charge in [0.1, 0.15) is 17.2 Å². The summed E-state index contributed by atoms with van der Waals surface area (Å²) in [5, 5.41) is 12.0. The number of carbonyl (C=O) groups excluding carboxylic acids is 1. The number of amides is 1. The molecule has 0 saturated heterocycles. The van der Waals surface area contributed by atoms with Gasteiger partial charge in [-0.25, -0.2) is 4.98 Å². The number of ether oxygens (including phenoxy) is 1. The first-order chi connectivity index (χ1) is 12.1. The number of hydrogen-bond acceptors (Lipinski definition) is 5. The second-order valence-electron chi connectivity index (χ2n) is 5.53. The molecule has 0 radical (unpaired) electrons. The number of benzene rings is 2. The van der Waals surface area contributed by atoms with Crippen molar-refractivity contribution in [2.24, 2.45) is 0 Å². The number of rotatable bonds is 5. The van der Waals surface area contributed by atoms with Gasteiger partial charge < -0.3 is 14.7 Å². The zero-order chi connectivity index (χ0) is 17.8. The van der Waals surface area contributed by atoms with Crippen LogP contribution < -0.4 is 9.64 Å². The van der Waals surface area contributed by atoms with Crippen LogP contribution in [0.15, 0.2) is 53.9 Å². The molecule has 0 spiro atoms. The molecule has 0 aliphatic carbocycles. The van der Waals surface area contributed by atoms with E-state index >= 15 is 0 Å². The van der Waals surface area contributed by atoms with Crippen LogP contribution in [0.25, 0.3) is 0 Å². The maximum atomic E-state index is 12.6. The second-order valence-corrected chi connectivity index (χ2v) is 6.47. The maximum absolute atomic E-state index is 12.6. The van der Waals surface area contributed by atoms with Crippen molar-refractivity contribution in [3.63, 3.8) is 0 Å². The summed E-state index contributed by atoms with van der Waals surface area (Å²) in [5.41, 5.74) is 2.23. The summed E-state index contributed by atoms with van der Waals surface area (Å²) in [4.78, 5) is 18.5. The molecule has 3 aromatic rings. The number of phenols is 1. The van der Waals surface area contributed by atoms with Gasteiger partial charge in [-0.05, 0) is 42.0 Å². The number of thiazole rings is 1. The van der Waals surface area contributed by atoms with Crippen molar-refractivity contribution < 1.29 is 14.6 Å². The van der Waals surface area contributed by atoms with E-state index in [0.29, 0.717) is 17.8 Å². The van der Waals surface area contributed by atoms with E-state index in [0.717, 1.165) is 16.3 Å². The van der Waals surface area contributed by atoms with Crippen LogP contribution in [0.2, 0.25) is 0 Å². The first-order valence-corrected chi connectivity index (χ1v) is 8.59. The molecule has 0 saturated carbocycles. The fourth-order valence-electron chi connectivity index (χ4n) is 2.37. The lowest BCUT2D eigenvalue weighted by Gasteiger charge is -2.15. The summed E-state index contributed by atoms with van der Waals surface area (Å²) in [5.74, 6) is 0.803. The van der Waals surface area contributed by atoms with Crippen LogP contribution in [-0.4, -0.2) is 30.2 Å². The number of aromatic hydroxyl groups is 1. The highest BCUT2D eigenvalue weighted by Crippen LogP contribution is 2.21. The fraction of sp³-hybridized carbons (Fsp3) is 0.158. The highest BCUT2D eigenvalue weighted by atomic mass is 32.1. The number of carbonyl (C=O) groups is 1. The largest absolute Gasteiger partial charge is 0.508 e. The number of phenolic OH excluding ortho intramolecular Hbond substituents is 1. The fourth-order valence-corrected chi connectivity index (χ4v) is 3.18. The summed E-state index contributed by atoms with van der Waals surface area (Å²) in [6.45, 7) is 0. The van der Waals surface area contributed by atoms with Crippen LogP contribution in [0.3, 0.4) is 0 Å². The first-order valence-electron chi connectivity index (χ1n) is 7.71. The van der Waals surface area contributed by atoms with Gasteiger partial charge in [0.05, 0.1) is 12.1 Å². The highest BCUT2D eigenvalue weighted by Gasteiger charge is 2.17. The van der Waals surface area contributed by atoms with Crippen molar-refractivity contribution in [1.82, 2.24) is 4.98 Å². The summed E-state index contributed by atoms with van der Waals surface area (Å²) in [7, 11) is 3.33. The Labute approximate surface area is 150 Å². The molecule has 0 bridgehead atoms. The molecule has 0 unspecified atom stereocenters. The smallest absolute Gasteiger partial charge is 0.277 e. The molecule has 1 heterocycles. The Kier molecular flexibility index (Phi) is 5.00. The van der Waals surface area contributed by atoms with Gasteiger partial charge in [0.25, 0.3) is 5.91 Å². The quantitative estimate of drug-likeness (QED) is 0.758. The first kappa shape index (κ1) is 17.0. The van der Waals surface area contributed by atoms with E-state index < -0.39 is 0 Å². The van der Waals surface area contributed by atoms with E-state index in [4.69, 9.17) is 4.74 Å². The van der Waals surface area contributed by atoms with E-state index in [1.807, 2.05) is 24.3 Å². The molecule has 0 fully saturated rings. The molecule has 6 heteroatoms. The van der Waals surface area contributed by atoms with Crippen molar-refractivity contribution >= 4 is 22.9 Å². The van der Waals surface area contributed by atoms with Gasteiger partial charge in [0.2, 0.25) is 0 Å². The van der Waals surface area contributed by atoms with Gasteiger partial charge in [-0.3, -0.25) is 4.79 Å². The van der Waals surface area contributed by atoms with Crippen LogP contribution in [-0.2, 0) is 6.42 Å². The lowest BCUT2D eigenvalue weighted by atomic mass is 10.1. The third-order valence-electron chi connectivity index (χ3n) is 3.83. The standard InChI is InChI=1S/C19H18N2O3S/c1-21(14-5-7-15(22)8-6-14)19(23)17-12-25-18(20-17)11-13-3-9-16(24-2)10-4-13/h3-10,12,22H,11H2,1-2H3. The van der Waals surface area contributed by atoms with E-state index in [1.165, 1.54) is 16.2 Å². The van der Waals surface area contributed by atoms with Crippen molar-refractivity contribution in [2.75, 3.05) is 19.1 Å². The Morgan fingerprint density at radius 1 is 1.16 bits per heavy atom. The summed E-state index contributed by atoms with van der Waals surface area (Å²) in [6, 6.07) is 14.3. The Hall–Kier alpha value is -2.86. The predicted octanol–water partition coefficient (Wildman–Crippen LogP) is 3.72. The minimum absolute atomic E-state index is 0.167. The molecule has 0 aliphatic rings. The molecule has 128 valence electrons.